The Balaban J connectivity index is 1.66. The summed E-state index contributed by atoms with van der Waals surface area (Å²) in [5, 5.41) is 0.998. The number of para-hydroxylation sites is 1. The standard InChI is InChI=1S/C18H21NO4/c1-12-13-6-2-3-8-15(13)23-16(12)17(20)19-9-5-4-7-14(19)18-21-10-11-22-18/h2-3,6,8,14,18H,4-5,7,9-11H2,1H3. The van der Waals surface area contributed by atoms with E-state index >= 15 is 0 Å². The second-order valence-corrected chi connectivity index (χ2v) is 6.22. The van der Waals surface area contributed by atoms with Crippen molar-refractivity contribution in [2.75, 3.05) is 19.8 Å². The van der Waals surface area contributed by atoms with E-state index < -0.39 is 0 Å². The van der Waals surface area contributed by atoms with Gasteiger partial charge in [0.2, 0.25) is 0 Å². The van der Waals surface area contributed by atoms with Gasteiger partial charge in [-0.3, -0.25) is 4.79 Å². The summed E-state index contributed by atoms with van der Waals surface area (Å²) in [6.07, 6.45) is 2.71. The smallest absolute Gasteiger partial charge is 0.290 e. The van der Waals surface area contributed by atoms with E-state index in [9.17, 15) is 4.79 Å². The van der Waals surface area contributed by atoms with Crippen LogP contribution in [0.2, 0.25) is 0 Å². The molecule has 2 aliphatic heterocycles. The number of hydrogen-bond donors (Lipinski definition) is 0. The van der Waals surface area contributed by atoms with Crippen LogP contribution in [0.5, 0.6) is 0 Å². The average Bonchev–Trinajstić information content (AvgIpc) is 3.23. The lowest BCUT2D eigenvalue weighted by Crippen LogP contribution is -2.50. The van der Waals surface area contributed by atoms with Crippen molar-refractivity contribution in [2.45, 2.75) is 38.5 Å². The first-order valence-electron chi connectivity index (χ1n) is 8.28. The highest BCUT2D eigenvalue weighted by Gasteiger charge is 2.38. The van der Waals surface area contributed by atoms with Gasteiger partial charge < -0.3 is 18.8 Å². The molecule has 2 aliphatic rings. The topological polar surface area (TPSA) is 51.9 Å². The predicted molar refractivity (Wildman–Crippen MR) is 85.3 cm³/mol. The molecule has 2 aromatic rings. The van der Waals surface area contributed by atoms with Crippen molar-refractivity contribution in [3.63, 3.8) is 0 Å². The molecule has 1 amide bonds. The molecule has 2 fully saturated rings. The van der Waals surface area contributed by atoms with Crippen LogP contribution in [0.3, 0.4) is 0 Å². The van der Waals surface area contributed by atoms with Gasteiger partial charge in [-0.1, -0.05) is 18.2 Å². The second-order valence-electron chi connectivity index (χ2n) is 6.22. The van der Waals surface area contributed by atoms with Gasteiger partial charge in [-0.2, -0.15) is 0 Å². The molecule has 0 radical (unpaired) electrons. The number of nitrogens with zero attached hydrogens (tertiary/aromatic N) is 1. The highest BCUT2D eigenvalue weighted by Crippen LogP contribution is 2.30. The van der Waals surface area contributed by atoms with Gasteiger partial charge in [-0.25, -0.2) is 0 Å². The van der Waals surface area contributed by atoms with Gasteiger partial charge in [-0.15, -0.1) is 0 Å². The van der Waals surface area contributed by atoms with Crippen molar-refractivity contribution < 1.29 is 18.7 Å². The van der Waals surface area contributed by atoms with E-state index in [1.54, 1.807) is 0 Å². The molecule has 1 atom stereocenters. The van der Waals surface area contributed by atoms with Gasteiger partial charge in [0.1, 0.15) is 5.58 Å². The number of furan rings is 1. The van der Waals surface area contributed by atoms with E-state index in [-0.39, 0.29) is 18.2 Å². The lowest BCUT2D eigenvalue weighted by atomic mass is 10.0. The fourth-order valence-electron chi connectivity index (χ4n) is 3.60. The normalized spacial score (nSPS) is 22.8. The number of carbonyl (C=O) groups is 1. The number of hydrogen-bond acceptors (Lipinski definition) is 4. The summed E-state index contributed by atoms with van der Waals surface area (Å²) in [5.74, 6) is 0.388. The summed E-state index contributed by atoms with van der Waals surface area (Å²) in [6, 6.07) is 7.75. The fourth-order valence-corrected chi connectivity index (χ4v) is 3.60. The molecular weight excluding hydrogens is 294 g/mol. The summed E-state index contributed by atoms with van der Waals surface area (Å²) < 4.78 is 17.2. The lowest BCUT2D eigenvalue weighted by Gasteiger charge is -2.37. The molecular formula is C18H21NO4. The van der Waals surface area contributed by atoms with Crippen LogP contribution in [-0.2, 0) is 9.47 Å². The summed E-state index contributed by atoms with van der Waals surface area (Å²) >= 11 is 0. The Morgan fingerprint density at radius 2 is 1.96 bits per heavy atom. The molecule has 4 rings (SSSR count). The Labute approximate surface area is 135 Å². The maximum Gasteiger partial charge on any atom is 0.290 e. The Kier molecular flexibility index (Phi) is 3.83. The zero-order valence-electron chi connectivity index (χ0n) is 13.3. The Bertz CT molecular complexity index is 717. The van der Waals surface area contributed by atoms with E-state index in [0.29, 0.717) is 19.0 Å². The zero-order valence-corrected chi connectivity index (χ0v) is 13.3. The first-order valence-corrected chi connectivity index (χ1v) is 8.28. The van der Waals surface area contributed by atoms with E-state index in [1.807, 2.05) is 36.1 Å². The van der Waals surface area contributed by atoms with Gasteiger partial charge in [-0.05, 0) is 32.3 Å². The third kappa shape index (κ3) is 2.54. The van der Waals surface area contributed by atoms with Crippen LogP contribution in [0.25, 0.3) is 11.0 Å². The molecule has 0 saturated carbocycles. The third-order valence-electron chi connectivity index (χ3n) is 4.81. The van der Waals surface area contributed by atoms with Gasteiger partial charge in [0.25, 0.3) is 5.91 Å². The maximum absolute atomic E-state index is 13.1. The minimum atomic E-state index is -0.302. The fraction of sp³-hybridized carbons (Fsp3) is 0.500. The van der Waals surface area contributed by atoms with Crippen molar-refractivity contribution in [3.05, 3.63) is 35.6 Å². The van der Waals surface area contributed by atoms with Crippen LogP contribution in [-0.4, -0.2) is 42.9 Å². The van der Waals surface area contributed by atoms with Gasteiger partial charge in [0.15, 0.2) is 12.1 Å². The Morgan fingerprint density at radius 1 is 1.17 bits per heavy atom. The quantitative estimate of drug-likeness (QED) is 0.854. The van der Waals surface area contributed by atoms with Gasteiger partial charge in [0, 0.05) is 17.5 Å². The first-order chi connectivity index (χ1) is 11.3. The van der Waals surface area contributed by atoms with E-state index in [4.69, 9.17) is 13.9 Å². The number of likely N-dealkylation sites (tertiary alicyclic amines) is 1. The van der Waals surface area contributed by atoms with Crippen molar-refractivity contribution in [1.29, 1.82) is 0 Å². The molecule has 0 bridgehead atoms. The molecule has 3 heterocycles. The number of ether oxygens (including phenoxy) is 2. The zero-order chi connectivity index (χ0) is 15.8. The van der Waals surface area contributed by atoms with Gasteiger partial charge >= 0.3 is 0 Å². The molecule has 5 heteroatoms. The van der Waals surface area contributed by atoms with Gasteiger partial charge in [0.05, 0.1) is 19.3 Å². The predicted octanol–water partition coefficient (Wildman–Crippen LogP) is 3.11. The van der Waals surface area contributed by atoms with Crippen LogP contribution in [0.4, 0.5) is 0 Å². The lowest BCUT2D eigenvalue weighted by molar-refractivity contribution is -0.100. The van der Waals surface area contributed by atoms with Crippen molar-refractivity contribution >= 4 is 16.9 Å². The number of rotatable bonds is 2. The minimum Gasteiger partial charge on any atom is -0.451 e. The molecule has 1 unspecified atom stereocenters. The number of piperidine rings is 1. The van der Waals surface area contributed by atoms with Crippen molar-refractivity contribution in [3.8, 4) is 0 Å². The first kappa shape index (κ1) is 14.7. The second kappa shape index (κ2) is 5.98. The molecule has 1 aromatic heterocycles. The summed E-state index contributed by atoms with van der Waals surface area (Å²) in [4.78, 5) is 15.0. The summed E-state index contributed by atoms with van der Waals surface area (Å²) in [5.41, 5.74) is 1.67. The minimum absolute atomic E-state index is 0.0219. The third-order valence-corrected chi connectivity index (χ3v) is 4.81. The molecule has 0 aliphatic carbocycles. The number of aryl methyl sites for hydroxylation is 1. The SMILES string of the molecule is Cc1c(C(=O)N2CCCCC2C2OCCO2)oc2ccccc12. The van der Waals surface area contributed by atoms with Crippen LogP contribution >= 0.6 is 0 Å². The largest absolute Gasteiger partial charge is 0.451 e. The summed E-state index contributed by atoms with van der Waals surface area (Å²) in [7, 11) is 0. The molecule has 122 valence electrons. The molecule has 0 N–H and O–H groups in total. The monoisotopic (exact) mass is 315 g/mol. The molecule has 0 spiro atoms. The average molecular weight is 315 g/mol. The summed E-state index contributed by atoms with van der Waals surface area (Å²) in [6.45, 7) is 3.88. The van der Waals surface area contributed by atoms with Crippen LogP contribution in [0, 0.1) is 6.92 Å². The number of benzene rings is 1. The number of amides is 1. The highest BCUT2D eigenvalue weighted by molar-refractivity contribution is 5.99. The van der Waals surface area contributed by atoms with E-state index in [2.05, 4.69) is 0 Å². The Morgan fingerprint density at radius 3 is 2.74 bits per heavy atom. The maximum atomic E-state index is 13.1. The molecule has 5 nitrogen and oxygen atoms in total. The van der Waals surface area contributed by atoms with Crippen molar-refractivity contribution in [2.24, 2.45) is 0 Å². The number of carbonyl (C=O) groups excluding carboxylic acids is 1. The highest BCUT2D eigenvalue weighted by atomic mass is 16.7. The number of fused-ring (bicyclic) bond motifs is 1. The Hall–Kier alpha value is -1.85. The van der Waals surface area contributed by atoms with Crippen LogP contribution in [0.15, 0.2) is 28.7 Å². The van der Waals surface area contributed by atoms with Crippen LogP contribution < -0.4 is 0 Å². The van der Waals surface area contributed by atoms with Crippen LogP contribution in [0.1, 0.15) is 35.4 Å². The van der Waals surface area contributed by atoms with Crippen molar-refractivity contribution in [1.82, 2.24) is 4.90 Å². The molecule has 1 aromatic carbocycles. The molecule has 23 heavy (non-hydrogen) atoms. The van der Waals surface area contributed by atoms with E-state index in [0.717, 1.165) is 42.3 Å². The molecule has 2 saturated heterocycles. The van der Waals surface area contributed by atoms with E-state index in [1.165, 1.54) is 0 Å².